The van der Waals surface area contributed by atoms with Gasteiger partial charge in [0.15, 0.2) is 0 Å². The molecule has 1 aromatic rings. The minimum absolute atomic E-state index is 0.0156. The number of nitrogens with one attached hydrogen (secondary N) is 1. The van der Waals surface area contributed by atoms with Gasteiger partial charge in [-0.2, -0.15) is 0 Å². The van der Waals surface area contributed by atoms with Crippen molar-refractivity contribution in [2.75, 3.05) is 6.54 Å². The number of rotatable bonds is 6. The first-order valence-corrected chi connectivity index (χ1v) is 7.26. The van der Waals surface area contributed by atoms with Crippen LogP contribution in [0.25, 0.3) is 0 Å². The SMILES string of the molecule is CCCCNS(=O)(=O)c1cc(CO)ccc1Cl. The molecule has 0 unspecified atom stereocenters. The van der Waals surface area contributed by atoms with Crippen molar-refractivity contribution in [2.24, 2.45) is 0 Å². The molecule has 1 aromatic carbocycles. The van der Waals surface area contributed by atoms with E-state index in [2.05, 4.69) is 4.72 Å². The smallest absolute Gasteiger partial charge is 0.242 e. The quantitative estimate of drug-likeness (QED) is 0.781. The Morgan fingerprint density at radius 3 is 2.71 bits per heavy atom. The fraction of sp³-hybridized carbons (Fsp3) is 0.455. The zero-order valence-electron chi connectivity index (χ0n) is 9.61. The molecule has 0 heterocycles. The molecule has 4 nitrogen and oxygen atoms in total. The first-order chi connectivity index (χ1) is 8.01. The van der Waals surface area contributed by atoms with E-state index in [1.807, 2.05) is 6.92 Å². The molecule has 0 fully saturated rings. The van der Waals surface area contributed by atoms with Gasteiger partial charge in [-0.1, -0.05) is 31.0 Å². The average molecular weight is 278 g/mol. The highest BCUT2D eigenvalue weighted by atomic mass is 35.5. The summed E-state index contributed by atoms with van der Waals surface area (Å²) in [5, 5.41) is 9.13. The van der Waals surface area contributed by atoms with Crippen molar-refractivity contribution in [1.29, 1.82) is 0 Å². The van der Waals surface area contributed by atoms with Gasteiger partial charge in [0.05, 0.1) is 11.6 Å². The summed E-state index contributed by atoms with van der Waals surface area (Å²) < 4.78 is 26.3. The van der Waals surface area contributed by atoms with Gasteiger partial charge >= 0.3 is 0 Å². The molecule has 17 heavy (non-hydrogen) atoms. The number of halogens is 1. The number of aliphatic hydroxyl groups is 1. The van der Waals surface area contributed by atoms with Crippen molar-refractivity contribution >= 4 is 21.6 Å². The number of benzene rings is 1. The summed E-state index contributed by atoms with van der Waals surface area (Å²) in [7, 11) is -3.59. The van der Waals surface area contributed by atoms with Gasteiger partial charge in [0, 0.05) is 6.54 Å². The van der Waals surface area contributed by atoms with Crippen LogP contribution in [0.4, 0.5) is 0 Å². The van der Waals surface area contributed by atoms with Crippen LogP contribution >= 0.6 is 11.6 Å². The van der Waals surface area contributed by atoms with E-state index in [1.165, 1.54) is 12.1 Å². The van der Waals surface area contributed by atoms with Crippen LogP contribution in [-0.4, -0.2) is 20.1 Å². The van der Waals surface area contributed by atoms with Crippen LogP contribution < -0.4 is 4.72 Å². The number of hydrogen-bond acceptors (Lipinski definition) is 3. The number of unbranched alkanes of at least 4 members (excludes halogenated alkanes) is 1. The van der Waals surface area contributed by atoms with Crippen molar-refractivity contribution in [2.45, 2.75) is 31.3 Å². The Morgan fingerprint density at radius 1 is 1.41 bits per heavy atom. The fourth-order valence-corrected chi connectivity index (χ4v) is 2.94. The molecule has 0 aliphatic rings. The Kier molecular flexibility index (Phi) is 5.39. The lowest BCUT2D eigenvalue weighted by Gasteiger charge is -2.09. The summed E-state index contributed by atoms with van der Waals surface area (Å²) in [6.07, 6.45) is 1.68. The second kappa shape index (κ2) is 6.35. The van der Waals surface area contributed by atoms with Crippen LogP contribution in [0.5, 0.6) is 0 Å². The average Bonchev–Trinajstić information content (AvgIpc) is 2.29. The summed E-state index contributed by atoms with van der Waals surface area (Å²) in [5.41, 5.74) is 0.519. The van der Waals surface area contributed by atoms with E-state index in [4.69, 9.17) is 16.7 Å². The third-order valence-electron chi connectivity index (χ3n) is 2.29. The monoisotopic (exact) mass is 277 g/mol. The van der Waals surface area contributed by atoms with Crippen molar-refractivity contribution in [3.8, 4) is 0 Å². The molecule has 0 saturated carbocycles. The van der Waals surface area contributed by atoms with Gasteiger partial charge in [0.25, 0.3) is 0 Å². The molecule has 0 aliphatic carbocycles. The van der Waals surface area contributed by atoms with E-state index in [-0.39, 0.29) is 16.5 Å². The zero-order valence-corrected chi connectivity index (χ0v) is 11.2. The van der Waals surface area contributed by atoms with Crippen LogP contribution in [0.15, 0.2) is 23.1 Å². The molecule has 0 radical (unpaired) electrons. The maximum Gasteiger partial charge on any atom is 0.242 e. The van der Waals surface area contributed by atoms with Crippen LogP contribution in [0.2, 0.25) is 5.02 Å². The molecule has 0 bridgehead atoms. The first kappa shape index (κ1) is 14.4. The number of aliphatic hydroxyl groups excluding tert-OH is 1. The Bertz CT molecular complexity index is 474. The molecule has 0 atom stereocenters. The zero-order chi connectivity index (χ0) is 12.9. The van der Waals surface area contributed by atoms with Gasteiger partial charge in [-0.15, -0.1) is 0 Å². The highest BCUT2D eigenvalue weighted by molar-refractivity contribution is 7.89. The molecular weight excluding hydrogens is 262 g/mol. The Labute approximate surface area is 107 Å². The van der Waals surface area contributed by atoms with Gasteiger partial charge in [0.2, 0.25) is 10.0 Å². The summed E-state index contributed by atoms with van der Waals surface area (Å²) in [6.45, 7) is 2.15. The Morgan fingerprint density at radius 2 is 2.12 bits per heavy atom. The first-order valence-electron chi connectivity index (χ1n) is 5.40. The fourth-order valence-electron chi connectivity index (χ4n) is 1.31. The second-order valence-corrected chi connectivity index (χ2v) is 5.82. The summed E-state index contributed by atoms with van der Waals surface area (Å²) >= 11 is 5.85. The standard InChI is InChI=1S/C11H16ClNO3S/c1-2-3-6-13-17(15,16)11-7-9(8-14)4-5-10(11)12/h4-5,7,13-14H,2-3,6,8H2,1H3. The normalized spacial score (nSPS) is 11.7. The minimum atomic E-state index is -3.59. The number of sulfonamides is 1. The molecule has 0 aromatic heterocycles. The molecule has 96 valence electrons. The third-order valence-corrected chi connectivity index (χ3v) is 4.23. The molecule has 0 saturated heterocycles. The topological polar surface area (TPSA) is 66.4 Å². The van der Waals surface area contributed by atoms with Crippen LogP contribution in [0, 0.1) is 0 Å². The highest BCUT2D eigenvalue weighted by Crippen LogP contribution is 2.22. The van der Waals surface area contributed by atoms with E-state index in [0.717, 1.165) is 12.8 Å². The molecule has 0 aliphatic heterocycles. The molecule has 0 spiro atoms. The molecule has 0 amide bonds. The predicted molar refractivity (Wildman–Crippen MR) is 67.5 cm³/mol. The molecular formula is C11H16ClNO3S. The summed E-state index contributed by atoms with van der Waals surface area (Å²) in [5.74, 6) is 0. The molecule has 6 heteroatoms. The van der Waals surface area contributed by atoms with E-state index in [1.54, 1.807) is 6.07 Å². The van der Waals surface area contributed by atoms with Gasteiger partial charge in [-0.05, 0) is 24.1 Å². The highest BCUT2D eigenvalue weighted by Gasteiger charge is 2.17. The van der Waals surface area contributed by atoms with Gasteiger partial charge in [-0.25, -0.2) is 13.1 Å². The van der Waals surface area contributed by atoms with Crippen LogP contribution in [0.3, 0.4) is 0 Å². The van der Waals surface area contributed by atoms with E-state index >= 15 is 0 Å². The van der Waals surface area contributed by atoms with Crippen LogP contribution in [-0.2, 0) is 16.6 Å². The Balaban J connectivity index is 2.97. The van der Waals surface area contributed by atoms with Crippen molar-refractivity contribution in [3.63, 3.8) is 0 Å². The number of hydrogen-bond donors (Lipinski definition) is 2. The van der Waals surface area contributed by atoms with E-state index in [0.29, 0.717) is 12.1 Å². The molecule has 2 N–H and O–H groups in total. The van der Waals surface area contributed by atoms with Crippen molar-refractivity contribution in [1.82, 2.24) is 4.72 Å². The maximum atomic E-state index is 11.9. The maximum absolute atomic E-state index is 11.9. The van der Waals surface area contributed by atoms with Crippen LogP contribution in [0.1, 0.15) is 25.3 Å². The van der Waals surface area contributed by atoms with Crippen molar-refractivity contribution in [3.05, 3.63) is 28.8 Å². The lowest BCUT2D eigenvalue weighted by molar-refractivity contribution is 0.281. The third kappa shape index (κ3) is 3.96. The lowest BCUT2D eigenvalue weighted by atomic mass is 10.2. The Hall–Kier alpha value is -0.620. The largest absolute Gasteiger partial charge is 0.392 e. The summed E-state index contributed by atoms with van der Waals surface area (Å²) in [4.78, 5) is 0.0156. The minimum Gasteiger partial charge on any atom is -0.392 e. The molecule has 1 rings (SSSR count). The van der Waals surface area contributed by atoms with Crippen molar-refractivity contribution < 1.29 is 13.5 Å². The van der Waals surface area contributed by atoms with Gasteiger partial charge < -0.3 is 5.11 Å². The lowest BCUT2D eigenvalue weighted by Crippen LogP contribution is -2.25. The van der Waals surface area contributed by atoms with E-state index in [9.17, 15) is 8.42 Å². The van der Waals surface area contributed by atoms with Gasteiger partial charge in [-0.3, -0.25) is 0 Å². The second-order valence-electron chi connectivity index (χ2n) is 3.67. The van der Waals surface area contributed by atoms with E-state index < -0.39 is 10.0 Å². The van der Waals surface area contributed by atoms with Gasteiger partial charge in [0.1, 0.15) is 4.90 Å². The summed E-state index contributed by atoms with van der Waals surface area (Å²) in [6, 6.07) is 4.45. The predicted octanol–water partition coefficient (Wildman–Crippen LogP) is 1.91.